The van der Waals surface area contributed by atoms with Crippen molar-refractivity contribution in [2.24, 2.45) is 0 Å². The van der Waals surface area contributed by atoms with E-state index >= 15 is 0 Å². The first-order chi connectivity index (χ1) is 9.47. The third-order valence-corrected chi connectivity index (χ3v) is 3.67. The molecule has 0 aliphatic carbocycles. The number of hydrogen-bond donors (Lipinski definition) is 2. The van der Waals surface area contributed by atoms with Gasteiger partial charge in [0.2, 0.25) is 5.91 Å². The Morgan fingerprint density at radius 3 is 2.70 bits per heavy atom. The van der Waals surface area contributed by atoms with E-state index in [9.17, 15) is 4.79 Å². The summed E-state index contributed by atoms with van der Waals surface area (Å²) in [5, 5.41) is 3.62. The summed E-state index contributed by atoms with van der Waals surface area (Å²) in [6.07, 6.45) is 0.214. The first-order valence-corrected chi connectivity index (χ1v) is 6.82. The molecule has 0 saturated heterocycles. The van der Waals surface area contributed by atoms with E-state index in [2.05, 4.69) is 5.32 Å². The number of anilines is 2. The molecular formula is C15H14Cl2N2O. The molecule has 0 aromatic heterocycles. The van der Waals surface area contributed by atoms with Crippen LogP contribution >= 0.6 is 23.2 Å². The van der Waals surface area contributed by atoms with E-state index in [1.165, 1.54) is 0 Å². The van der Waals surface area contributed by atoms with Gasteiger partial charge in [-0.2, -0.15) is 0 Å². The summed E-state index contributed by atoms with van der Waals surface area (Å²) in [5.74, 6) is -0.190. The molecule has 0 radical (unpaired) electrons. The van der Waals surface area contributed by atoms with Gasteiger partial charge in [0.1, 0.15) is 0 Å². The second-order valence-corrected chi connectivity index (χ2v) is 5.31. The molecule has 0 saturated carbocycles. The van der Waals surface area contributed by atoms with Crippen LogP contribution in [0, 0.1) is 6.92 Å². The molecule has 2 rings (SSSR count). The van der Waals surface area contributed by atoms with Gasteiger partial charge in [0.15, 0.2) is 0 Å². The van der Waals surface area contributed by atoms with E-state index in [1.54, 1.807) is 24.3 Å². The molecule has 3 N–H and O–H groups in total. The molecule has 5 heteroatoms. The summed E-state index contributed by atoms with van der Waals surface area (Å²) in [7, 11) is 0. The van der Waals surface area contributed by atoms with E-state index in [0.29, 0.717) is 21.4 Å². The van der Waals surface area contributed by atoms with Crippen LogP contribution in [0.4, 0.5) is 11.4 Å². The lowest BCUT2D eigenvalue weighted by Crippen LogP contribution is -2.15. The van der Waals surface area contributed by atoms with Crippen molar-refractivity contribution in [2.75, 3.05) is 11.1 Å². The zero-order valence-electron chi connectivity index (χ0n) is 10.9. The number of carbonyl (C=O) groups is 1. The lowest BCUT2D eigenvalue weighted by Gasteiger charge is -2.11. The van der Waals surface area contributed by atoms with Crippen molar-refractivity contribution in [3.05, 3.63) is 57.6 Å². The number of benzene rings is 2. The van der Waals surface area contributed by atoms with E-state index < -0.39 is 0 Å². The lowest BCUT2D eigenvalue weighted by molar-refractivity contribution is -0.115. The quantitative estimate of drug-likeness (QED) is 0.840. The molecule has 0 fully saturated rings. The van der Waals surface area contributed by atoms with Crippen LogP contribution in [-0.4, -0.2) is 5.91 Å². The van der Waals surface area contributed by atoms with Crippen LogP contribution in [0.3, 0.4) is 0 Å². The molecule has 2 aromatic carbocycles. The number of hydrogen-bond acceptors (Lipinski definition) is 2. The van der Waals surface area contributed by atoms with Crippen molar-refractivity contribution in [1.29, 1.82) is 0 Å². The first kappa shape index (κ1) is 14.7. The Balaban J connectivity index is 2.15. The fourth-order valence-corrected chi connectivity index (χ4v) is 2.31. The number of nitrogens with one attached hydrogen (secondary N) is 1. The molecule has 3 nitrogen and oxygen atoms in total. The first-order valence-electron chi connectivity index (χ1n) is 6.06. The fraction of sp³-hybridized carbons (Fsp3) is 0.133. The average Bonchev–Trinajstić information content (AvgIpc) is 2.39. The molecule has 2 aromatic rings. The maximum Gasteiger partial charge on any atom is 0.228 e. The van der Waals surface area contributed by atoms with Gasteiger partial charge in [0.05, 0.1) is 22.2 Å². The Hall–Kier alpha value is -1.71. The molecule has 0 atom stereocenters. The van der Waals surface area contributed by atoms with Crippen LogP contribution in [0.1, 0.15) is 11.1 Å². The monoisotopic (exact) mass is 308 g/mol. The number of amides is 1. The van der Waals surface area contributed by atoms with Crippen molar-refractivity contribution < 1.29 is 4.79 Å². The zero-order chi connectivity index (χ0) is 14.7. The van der Waals surface area contributed by atoms with E-state index in [1.807, 2.05) is 19.1 Å². The van der Waals surface area contributed by atoms with Crippen LogP contribution in [0.15, 0.2) is 36.4 Å². The van der Waals surface area contributed by atoms with Gasteiger partial charge >= 0.3 is 0 Å². The van der Waals surface area contributed by atoms with Gasteiger partial charge in [-0.15, -0.1) is 0 Å². The minimum absolute atomic E-state index is 0.190. The predicted octanol–water partition coefficient (Wildman–Crippen LogP) is 4.07. The summed E-state index contributed by atoms with van der Waals surface area (Å²) in [6, 6.07) is 10.7. The third kappa shape index (κ3) is 3.44. The zero-order valence-corrected chi connectivity index (χ0v) is 12.4. The number of halogens is 2. The largest absolute Gasteiger partial charge is 0.399 e. The van der Waals surface area contributed by atoms with Crippen molar-refractivity contribution in [3.63, 3.8) is 0 Å². The van der Waals surface area contributed by atoms with Gasteiger partial charge < -0.3 is 11.1 Å². The minimum Gasteiger partial charge on any atom is -0.399 e. The lowest BCUT2D eigenvalue weighted by atomic mass is 10.1. The predicted molar refractivity (Wildman–Crippen MR) is 84.4 cm³/mol. The van der Waals surface area contributed by atoms with E-state index in [4.69, 9.17) is 28.9 Å². The average molecular weight is 309 g/mol. The molecular weight excluding hydrogens is 295 g/mol. The summed E-state index contributed by atoms with van der Waals surface area (Å²) >= 11 is 12.2. The van der Waals surface area contributed by atoms with Crippen molar-refractivity contribution >= 4 is 40.5 Å². The van der Waals surface area contributed by atoms with Crippen LogP contribution in [-0.2, 0) is 11.2 Å². The number of carbonyl (C=O) groups excluding carboxylic acids is 1. The highest BCUT2D eigenvalue weighted by Crippen LogP contribution is 2.32. The second kappa shape index (κ2) is 6.16. The van der Waals surface area contributed by atoms with Crippen LogP contribution < -0.4 is 11.1 Å². The van der Waals surface area contributed by atoms with Gasteiger partial charge in [-0.25, -0.2) is 0 Å². The Kier molecular flexibility index (Phi) is 4.53. The van der Waals surface area contributed by atoms with Crippen molar-refractivity contribution in [2.45, 2.75) is 13.3 Å². The topological polar surface area (TPSA) is 55.1 Å². The standard InChI is InChI=1S/C15H14Cl2N2O/c1-9-5-6-12(16)15(14(9)17)19-13(20)8-10-3-2-4-11(18)7-10/h2-7H,8,18H2,1H3,(H,19,20). The third-order valence-electron chi connectivity index (χ3n) is 2.86. The molecule has 0 aliphatic heterocycles. The van der Waals surface area contributed by atoms with Gasteiger partial charge in [-0.05, 0) is 36.2 Å². The van der Waals surface area contributed by atoms with E-state index in [0.717, 1.165) is 11.1 Å². The Bertz CT molecular complexity index is 656. The molecule has 1 amide bonds. The molecule has 104 valence electrons. The molecule has 0 unspecified atom stereocenters. The van der Waals surface area contributed by atoms with Gasteiger partial charge in [-0.1, -0.05) is 41.4 Å². The fourth-order valence-electron chi connectivity index (χ4n) is 1.84. The van der Waals surface area contributed by atoms with Gasteiger partial charge in [-0.3, -0.25) is 4.79 Å². The highest BCUT2D eigenvalue weighted by atomic mass is 35.5. The normalized spacial score (nSPS) is 10.3. The van der Waals surface area contributed by atoms with Gasteiger partial charge in [0, 0.05) is 5.69 Å². The summed E-state index contributed by atoms with van der Waals surface area (Å²) < 4.78 is 0. The highest BCUT2D eigenvalue weighted by Gasteiger charge is 2.12. The smallest absolute Gasteiger partial charge is 0.228 e. The maximum atomic E-state index is 12.0. The number of nitrogens with two attached hydrogens (primary N) is 1. The SMILES string of the molecule is Cc1ccc(Cl)c(NC(=O)Cc2cccc(N)c2)c1Cl. The van der Waals surface area contributed by atoms with Crippen LogP contribution in [0.5, 0.6) is 0 Å². The maximum absolute atomic E-state index is 12.0. The number of nitrogen functional groups attached to an aromatic ring is 1. The van der Waals surface area contributed by atoms with Crippen molar-refractivity contribution in [3.8, 4) is 0 Å². The summed E-state index contributed by atoms with van der Waals surface area (Å²) in [6.45, 7) is 1.85. The molecule has 20 heavy (non-hydrogen) atoms. The molecule has 0 heterocycles. The Morgan fingerprint density at radius 2 is 2.00 bits per heavy atom. The second-order valence-electron chi connectivity index (χ2n) is 4.52. The van der Waals surface area contributed by atoms with Crippen molar-refractivity contribution in [1.82, 2.24) is 0 Å². The highest BCUT2D eigenvalue weighted by molar-refractivity contribution is 6.40. The van der Waals surface area contributed by atoms with Crippen LogP contribution in [0.2, 0.25) is 10.0 Å². The van der Waals surface area contributed by atoms with Gasteiger partial charge in [0.25, 0.3) is 0 Å². The summed E-state index contributed by atoms with van der Waals surface area (Å²) in [5.41, 5.74) is 8.45. The number of aryl methyl sites for hydroxylation is 1. The number of rotatable bonds is 3. The molecule has 0 bridgehead atoms. The Morgan fingerprint density at radius 1 is 1.25 bits per heavy atom. The van der Waals surface area contributed by atoms with E-state index in [-0.39, 0.29) is 12.3 Å². The minimum atomic E-state index is -0.190. The molecule has 0 spiro atoms. The summed E-state index contributed by atoms with van der Waals surface area (Å²) in [4.78, 5) is 12.0. The Labute approximate surface area is 127 Å². The molecule has 0 aliphatic rings. The van der Waals surface area contributed by atoms with Crippen LogP contribution in [0.25, 0.3) is 0 Å².